The first-order valence-electron chi connectivity index (χ1n) is 19.6. The molecule has 5 heterocycles. The Labute approximate surface area is 366 Å². The van der Waals surface area contributed by atoms with Crippen LogP contribution in [0.1, 0.15) is 39.2 Å². The molecule has 0 spiro atoms. The summed E-state index contributed by atoms with van der Waals surface area (Å²) in [5, 5.41) is 20.9. The number of piperazine rings is 1. The summed E-state index contributed by atoms with van der Waals surface area (Å²) in [5.74, 6) is -1.72. The summed E-state index contributed by atoms with van der Waals surface area (Å²) in [6.45, 7) is 3.57. The predicted molar refractivity (Wildman–Crippen MR) is 225 cm³/mol. The van der Waals surface area contributed by atoms with Gasteiger partial charge in [0.15, 0.2) is 11.5 Å². The van der Waals surface area contributed by atoms with Gasteiger partial charge < -0.3 is 38.6 Å². The third-order valence-electron chi connectivity index (χ3n) is 9.60. The first-order valence-corrected chi connectivity index (χ1v) is 21.4. The number of hydrogen-bond donors (Lipinski definition) is 4. The highest BCUT2D eigenvalue weighted by Crippen LogP contribution is 2.24. The van der Waals surface area contributed by atoms with Gasteiger partial charge in [-0.3, -0.25) is 48.9 Å². The largest absolute Gasteiger partial charge is 0.465 e. The van der Waals surface area contributed by atoms with Crippen LogP contribution in [0.25, 0.3) is 0 Å². The molecule has 0 saturated carbocycles. The number of carbonyl (C=O) groups excluding carboxylic acids is 6. The van der Waals surface area contributed by atoms with Gasteiger partial charge in [-0.2, -0.15) is 8.42 Å². The second kappa shape index (κ2) is 20.7. The lowest BCUT2D eigenvalue weighted by Gasteiger charge is -2.34. The number of anilines is 2. The molecule has 2 unspecified atom stereocenters. The van der Waals surface area contributed by atoms with Crippen LogP contribution in [0.3, 0.4) is 0 Å². The van der Waals surface area contributed by atoms with E-state index in [1.54, 1.807) is 67.6 Å². The molecule has 5 amide bonds. The topological polar surface area (TPSA) is 284 Å². The molecule has 3 aliphatic heterocycles. The Bertz CT molecular complexity index is 2460. The molecule has 4 aromatic rings. The van der Waals surface area contributed by atoms with Crippen molar-refractivity contribution in [3.05, 3.63) is 108 Å². The quantitative estimate of drug-likeness (QED) is 0.0465. The lowest BCUT2D eigenvalue weighted by atomic mass is 10.1. The number of hydrogen-bond acceptors (Lipinski definition) is 17. The minimum atomic E-state index is -3.63. The van der Waals surface area contributed by atoms with E-state index in [1.165, 1.54) is 39.4 Å². The van der Waals surface area contributed by atoms with E-state index in [0.29, 0.717) is 48.7 Å². The van der Waals surface area contributed by atoms with Crippen LogP contribution in [0.4, 0.5) is 21.0 Å². The molecule has 22 nitrogen and oxygen atoms in total. The molecule has 3 aliphatic rings. The number of amidine groups is 2. The molecule has 4 N–H and O–H groups in total. The Morgan fingerprint density at radius 1 is 0.750 bits per heavy atom. The van der Waals surface area contributed by atoms with Crippen LogP contribution in [0, 0.1) is 10.8 Å². The lowest BCUT2D eigenvalue weighted by Crippen LogP contribution is -2.53. The number of nitrogens with zero attached hydrogens (tertiary/aromatic N) is 4. The lowest BCUT2D eigenvalue weighted by molar-refractivity contribution is -0.151. The van der Waals surface area contributed by atoms with Gasteiger partial charge in [-0.1, -0.05) is 0 Å². The summed E-state index contributed by atoms with van der Waals surface area (Å²) in [4.78, 5) is 78.7. The van der Waals surface area contributed by atoms with E-state index in [4.69, 9.17) is 33.9 Å². The van der Waals surface area contributed by atoms with Crippen molar-refractivity contribution in [3.8, 4) is 0 Å². The Hall–Kier alpha value is -7.37. The van der Waals surface area contributed by atoms with Crippen LogP contribution in [-0.4, -0.2) is 143 Å². The van der Waals surface area contributed by atoms with Gasteiger partial charge in [-0.25, -0.2) is 9.59 Å². The first-order chi connectivity index (χ1) is 30.6. The normalized spacial score (nSPS) is 17.5. The van der Waals surface area contributed by atoms with E-state index < -0.39 is 52.3 Å². The zero-order chi connectivity index (χ0) is 46.0. The van der Waals surface area contributed by atoms with Crippen LogP contribution >= 0.6 is 0 Å². The summed E-state index contributed by atoms with van der Waals surface area (Å²) in [6, 6.07) is 19.0. The number of benzene rings is 2. The van der Waals surface area contributed by atoms with Gasteiger partial charge >= 0.3 is 18.2 Å². The fraction of sp³-hybridized carbons (Fsp3) is 0.317. The maximum absolute atomic E-state index is 12.5. The summed E-state index contributed by atoms with van der Waals surface area (Å²) in [5.41, 5.74) is 1.97. The second-order valence-electron chi connectivity index (χ2n) is 14.3. The molecule has 64 heavy (non-hydrogen) atoms. The van der Waals surface area contributed by atoms with E-state index in [2.05, 4.69) is 14.8 Å². The van der Waals surface area contributed by atoms with Crippen molar-refractivity contribution < 1.29 is 64.4 Å². The third kappa shape index (κ3) is 12.4. The Morgan fingerprint density at radius 3 is 1.70 bits per heavy atom. The highest BCUT2D eigenvalue weighted by molar-refractivity contribution is 7.86. The van der Waals surface area contributed by atoms with Crippen molar-refractivity contribution in [1.82, 2.24) is 20.4 Å². The molecule has 3 saturated heterocycles. The number of ether oxygens (including phenoxy) is 3. The molecular weight excluding hydrogens is 861 g/mol. The first kappa shape index (κ1) is 46.1. The summed E-state index contributed by atoms with van der Waals surface area (Å²) in [6.07, 6.45) is 1.38. The van der Waals surface area contributed by atoms with Crippen molar-refractivity contribution in [2.75, 3.05) is 75.1 Å². The maximum atomic E-state index is 12.5. The number of furan rings is 2. The molecule has 0 aliphatic carbocycles. The summed E-state index contributed by atoms with van der Waals surface area (Å²) >= 11 is 0. The summed E-state index contributed by atoms with van der Waals surface area (Å²) < 4.78 is 52.2. The SMILES string of the molecule is CCOC(=O)CN1CCN(CC2CN(c3ccc(C(=N)NC(=O)c4ccco4)cc3)C(=O)O2)CC1=O.CS(=O)(=O)OCC1CN(c2ccc(C(=N)NC(=O)c3ccco3)cc2)C(=O)O1. The minimum absolute atomic E-state index is 0.0628. The third-order valence-corrected chi connectivity index (χ3v) is 10.2. The van der Waals surface area contributed by atoms with Gasteiger partial charge in [0.1, 0.15) is 37.0 Å². The van der Waals surface area contributed by atoms with Gasteiger partial charge in [0.25, 0.3) is 21.9 Å². The number of amides is 5. The molecule has 0 bridgehead atoms. The smallest absolute Gasteiger partial charge is 0.414 e. The Balaban J connectivity index is 0.000000219. The molecule has 3 fully saturated rings. The molecule has 0 radical (unpaired) electrons. The van der Waals surface area contributed by atoms with E-state index in [0.717, 1.165) is 6.26 Å². The average Bonchev–Trinajstić information content (AvgIpc) is 4.10. The van der Waals surface area contributed by atoms with Crippen molar-refractivity contribution >= 4 is 69.0 Å². The van der Waals surface area contributed by atoms with E-state index >= 15 is 0 Å². The number of carbonyl (C=O) groups is 6. The monoisotopic (exact) mass is 904 g/mol. The number of rotatable bonds is 14. The molecule has 338 valence electrons. The fourth-order valence-electron chi connectivity index (χ4n) is 6.50. The van der Waals surface area contributed by atoms with Gasteiger partial charge in [0.2, 0.25) is 5.91 Å². The van der Waals surface area contributed by atoms with Gasteiger partial charge in [-0.15, -0.1) is 0 Å². The maximum Gasteiger partial charge on any atom is 0.414 e. The van der Waals surface area contributed by atoms with Crippen LogP contribution in [0.15, 0.2) is 94.2 Å². The summed E-state index contributed by atoms with van der Waals surface area (Å²) in [7, 11) is -3.63. The molecular formula is C41H44N8O14S. The van der Waals surface area contributed by atoms with Crippen molar-refractivity contribution in [1.29, 1.82) is 10.8 Å². The number of nitrogens with one attached hydrogen (secondary N) is 4. The molecule has 7 rings (SSSR count). The van der Waals surface area contributed by atoms with Gasteiger partial charge in [0.05, 0.1) is 45.0 Å². The predicted octanol–water partition coefficient (Wildman–Crippen LogP) is 2.40. The minimum Gasteiger partial charge on any atom is -0.465 e. The van der Waals surface area contributed by atoms with Crippen molar-refractivity contribution in [3.63, 3.8) is 0 Å². The molecule has 2 atom stereocenters. The van der Waals surface area contributed by atoms with Crippen molar-refractivity contribution in [2.24, 2.45) is 0 Å². The molecule has 2 aromatic carbocycles. The Morgan fingerprint density at radius 2 is 1.25 bits per heavy atom. The van der Waals surface area contributed by atoms with Crippen LogP contribution in [-0.2, 0) is 38.1 Å². The number of cyclic esters (lactones) is 2. The average molecular weight is 905 g/mol. The standard InChI is InChI=1S/C24H27N5O7.C17H17N3O7S/c1-2-34-21(31)15-28-10-9-27(14-20(28)30)12-18-13-29(24(33)36-18)17-7-5-16(6-8-17)22(25)26-23(32)19-4-3-11-35-19;1-28(23,24)26-10-13-9-20(17(22)27-13)12-6-4-11(5-7-12)15(18)19-16(21)14-3-2-8-25-14/h3-8,11,18H,2,9-10,12-15H2,1H3,(H2,25,26,32);2-8,13H,9-10H2,1H3,(H2,18,19,21). The zero-order valence-corrected chi connectivity index (χ0v) is 35.3. The second-order valence-corrected chi connectivity index (χ2v) is 15.9. The van der Waals surface area contributed by atoms with Crippen LogP contribution in [0.5, 0.6) is 0 Å². The molecule has 23 heteroatoms. The highest BCUT2D eigenvalue weighted by atomic mass is 32.2. The van der Waals surface area contributed by atoms with E-state index in [9.17, 15) is 37.2 Å². The fourth-order valence-corrected chi connectivity index (χ4v) is 6.90. The molecule has 2 aromatic heterocycles. The Kier molecular flexibility index (Phi) is 14.9. The van der Waals surface area contributed by atoms with E-state index in [-0.39, 0.29) is 61.9 Å². The van der Waals surface area contributed by atoms with Gasteiger partial charge in [-0.05, 0) is 79.7 Å². The van der Waals surface area contributed by atoms with Crippen LogP contribution < -0.4 is 20.4 Å². The van der Waals surface area contributed by atoms with Crippen LogP contribution in [0.2, 0.25) is 0 Å². The van der Waals surface area contributed by atoms with Crippen molar-refractivity contribution in [2.45, 2.75) is 19.1 Å². The van der Waals surface area contributed by atoms with Gasteiger partial charge in [0, 0.05) is 42.1 Å². The number of esters is 1. The highest BCUT2D eigenvalue weighted by Gasteiger charge is 2.36. The zero-order valence-electron chi connectivity index (χ0n) is 34.5. The van der Waals surface area contributed by atoms with E-state index in [1.807, 2.05) is 4.90 Å².